The molecule has 1 aromatic rings. The summed E-state index contributed by atoms with van der Waals surface area (Å²) in [4.78, 5) is 29.4. The van der Waals surface area contributed by atoms with Crippen LogP contribution in [0, 0.1) is 0 Å². The Morgan fingerprint density at radius 3 is 2.78 bits per heavy atom. The molecule has 0 spiro atoms. The zero-order valence-corrected chi connectivity index (χ0v) is 16.1. The lowest BCUT2D eigenvalue weighted by Crippen LogP contribution is -2.41. The van der Waals surface area contributed by atoms with Gasteiger partial charge in [0.25, 0.3) is 0 Å². The highest BCUT2D eigenvalue weighted by atomic mass is 16.6. The quantitative estimate of drug-likeness (QED) is 0.701. The van der Waals surface area contributed by atoms with E-state index < -0.39 is 0 Å². The summed E-state index contributed by atoms with van der Waals surface area (Å²) in [6.45, 7) is 6.72. The van der Waals surface area contributed by atoms with Crippen molar-refractivity contribution in [3.05, 3.63) is 12.4 Å². The fraction of sp³-hybridized carbons (Fsp3) is 0.722. The number of aromatic nitrogens is 2. The molecule has 9 nitrogen and oxygen atoms in total. The first-order chi connectivity index (χ1) is 13.1. The Hall–Kier alpha value is -2.13. The Morgan fingerprint density at radius 2 is 2.00 bits per heavy atom. The summed E-state index contributed by atoms with van der Waals surface area (Å²) in [5, 5.41) is 0. The number of ether oxygens (including phenoxy) is 2. The van der Waals surface area contributed by atoms with Gasteiger partial charge in [0.05, 0.1) is 25.8 Å². The fourth-order valence-corrected chi connectivity index (χ4v) is 3.99. The number of amides is 1. The number of carbonyl (C=O) groups is 1. The molecule has 0 N–H and O–H groups in total. The summed E-state index contributed by atoms with van der Waals surface area (Å²) < 4.78 is 11.0. The van der Waals surface area contributed by atoms with Crippen molar-refractivity contribution in [2.24, 2.45) is 0 Å². The topological polar surface area (TPSA) is 74.3 Å². The second-order valence-corrected chi connectivity index (χ2v) is 7.52. The zero-order valence-electron chi connectivity index (χ0n) is 16.1. The third-order valence-corrected chi connectivity index (χ3v) is 5.52. The molecule has 0 saturated carbocycles. The fourth-order valence-electron chi connectivity index (χ4n) is 3.99. The van der Waals surface area contributed by atoms with Crippen LogP contribution in [0.3, 0.4) is 0 Å². The first-order valence-corrected chi connectivity index (χ1v) is 9.63. The SMILES string of the molecule is CN(C)c1cc(N2CC3OC(=O)N(CCCN4CCOCC4)C3C2)ncn1. The standard InChI is InChI=1S/C18H28N6O3/c1-21(2)16-10-17(20-13-19-16)23-11-14-15(12-23)27-18(25)24(14)5-3-4-22-6-8-26-9-7-22/h10,13-15H,3-9,11-12H2,1-2H3. The maximum absolute atomic E-state index is 12.3. The average molecular weight is 376 g/mol. The normalized spacial score (nSPS) is 25.6. The number of rotatable bonds is 6. The van der Waals surface area contributed by atoms with E-state index in [4.69, 9.17) is 9.47 Å². The number of hydrogen-bond donors (Lipinski definition) is 0. The van der Waals surface area contributed by atoms with Crippen molar-refractivity contribution >= 4 is 17.7 Å². The minimum atomic E-state index is -0.178. The van der Waals surface area contributed by atoms with Gasteiger partial charge < -0.3 is 19.3 Å². The van der Waals surface area contributed by atoms with Crippen molar-refractivity contribution in [3.8, 4) is 0 Å². The van der Waals surface area contributed by atoms with Crippen molar-refractivity contribution in [2.75, 3.05) is 76.4 Å². The van der Waals surface area contributed by atoms with Gasteiger partial charge in [-0.3, -0.25) is 9.80 Å². The van der Waals surface area contributed by atoms with Gasteiger partial charge in [-0.15, -0.1) is 0 Å². The third kappa shape index (κ3) is 3.93. The number of hydrogen-bond acceptors (Lipinski definition) is 8. The van der Waals surface area contributed by atoms with Crippen LogP contribution in [0.2, 0.25) is 0 Å². The third-order valence-electron chi connectivity index (χ3n) is 5.52. The largest absolute Gasteiger partial charge is 0.442 e. The van der Waals surface area contributed by atoms with Crippen LogP contribution in [0.4, 0.5) is 16.4 Å². The first kappa shape index (κ1) is 18.2. The van der Waals surface area contributed by atoms with Crippen LogP contribution >= 0.6 is 0 Å². The highest BCUT2D eigenvalue weighted by Crippen LogP contribution is 2.30. The average Bonchev–Trinajstić information content (AvgIpc) is 3.21. The molecule has 0 bridgehead atoms. The molecule has 3 fully saturated rings. The van der Waals surface area contributed by atoms with Crippen LogP contribution in [-0.4, -0.2) is 105 Å². The molecule has 0 aromatic carbocycles. The highest BCUT2D eigenvalue weighted by Gasteiger charge is 2.47. The summed E-state index contributed by atoms with van der Waals surface area (Å²) in [6, 6.07) is 2.07. The van der Waals surface area contributed by atoms with E-state index in [-0.39, 0.29) is 18.2 Å². The van der Waals surface area contributed by atoms with Gasteiger partial charge in [0.15, 0.2) is 0 Å². The lowest BCUT2D eigenvalue weighted by atomic mass is 10.2. The summed E-state index contributed by atoms with van der Waals surface area (Å²) in [5.41, 5.74) is 0. The second kappa shape index (κ2) is 7.85. The van der Waals surface area contributed by atoms with Gasteiger partial charge in [0.1, 0.15) is 24.1 Å². The Labute approximate surface area is 159 Å². The van der Waals surface area contributed by atoms with Gasteiger partial charge in [-0.05, 0) is 6.42 Å². The summed E-state index contributed by atoms with van der Waals surface area (Å²) in [7, 11) is 3.92. The minimum absolute atomic E-state index is 0.0846. The van der Waals surface area contributed by atoms with E-state index in [0.29, 0.717) is 6.54 Å². The van der Waals surface area contributed by atoms with E-state index in [1.807, 2.05) is 30.0 Å². The number of carbonyl (C=O) groups excluding carboxylic acids is 1. The lowest BCUT2D eigenvalue weighted by molar-refractivity contribution is 0.0363. The molecule has 27 heavy (non-hydrogen) atoms. The Balaban J connectivity index is 1.34. The molecule has 148 valence electrons. The van der Waals surface area contributed by atoms with Crippen LogP contribution in [0.25, 0.3) is 0 Å². The van der Waals surface area contributed by atoms with Gasteiger partial charge in [0.2, 0.25) is 0 Å². The molecule has 1 amide bonds. The number of fused-ring (bicyclic) bond motifs is 1. The number of anilines is 2. The summed E-state index contributed by atoms with van der Waals surface area (Å²) in [6.07, 6.45) is 2.28. The van der Waals surface area contributed by atoms with Crippen molar-refractivity contribution in [1.82, 2.24) is 19.8 Å². The van der Waals surface area contributed by atoms with Gasteiger partial charge >= 0.3 is 6.09 Å². The predicted molar refractivity (Wildman–Crippen MR) is 101 cm³/mol. The molecule has 9 heteroatoms. The van der Waals surface area contributed by atoms with Gasteiger partial charge in [-0.25, -0.2) is 14.8 Å². The molecular weight excluding hydrogens is 348 g/mol. The Kier molecular flexibility index (Phi) is 5.31. The molecule has 2 atom stereocenters. The number of morpholine rings is 1. The van der Waals surface area contributed by atoms with Crippen LogP contribution < -0.4 is 9.80 Å². The second-order valence-electron chi connectivity index (χ2n) is 7.52. The van der Waals surface area contributed by atoms with Crippen LogP contribution in [0.1, 0.15) is 6.42 Å². The summed E-state index contributed by atoms with van der Waals surface area (Å²) >= 11 is 0. The molecular formula is C18H28N6O3. The maximum atomic E-state index is 12.3. The van der Waals surface area contributed by atoms with E-state index in [0.717, 1.165) is 64.0 Å². The molecule has 0 radical (unpaired) electrons. The van der Waals surface area contributed by atoms with E-state index >= 15 is 0 Å². The van der Waals surface area contributed by atoms with E-state index in [1.165, 1.54) is 0 Å². The Bertz CT molecular complexity index is 666. The van der Waals surface area contributed by atoms with E-state index in [2.05, 4.69) is 19.8 Å². The van der Waals surface area contributed by atoms with Gasteiger partial charge in [-0.2, -0.15) is 0 Å². The highest BCUT2D eigenvalue weighted by molar-refractivity contribution is 5.71. The first-order valence-electron chi connectivity index (χ1n) is 9.63. The van der Waals surface area contributed by atoms with Gasteiger partial charge in [0, 0.05) is 52.9 Å². The van der Waals surface area contributed by atoms with Gasteiger partial charge in [-0.1, -0.05) is 0 Å². The maximum Gasteiger partial charge on any atom is 0.410 e. The number of nitrogens with zero attached hydrogens (tertiary/aromatic N) is 6. The molecule has 3 aliphatic heterocycles. The van der Waals surface area contributed by atoms with Crippen molar-refractivity contribution in [2.45, 2.75) is 18.6 Å². The van der Waals surface area contributed by atoms with Crippen molar-refractivity contribution in [1.29, 1.82) is 0 Å². The van der Waals surface area contributed by atoms with Crippen molar-refractivity contribution < 1.29 is 14.3 Å². The smallest absolute Gasteiger partial charge is 0.410 e. The molecule has 0 aliphatic carbocycles. The van der Waals surface area contributed by atoms with Crippen LogP contribution in [0.15, 0.2) is 12.4 Å². The van der Waals surface area contributed by atoms with Crippen LogP contribution in [-0.2, 0) is 9.47 Å². The molecule has 3 aliphatic rings. The molecule has 4 heterocycles. The lowest BCUT2D eigenvalue weighted by Gasteiger charge is -2.28. The van der Waals surface area contributed by atoms with Crippen molar-refractivity contribution in [3.63, 3.8) is 0 Å². The predicted octanol–water partition coefficient (Wildman–Crippen LogP) is 0.274. The molecule has 2 unspecified atom stereocenters. The monoisotopic (exact) mass is 376 g/mol. The van der Waals surface area contributed by atoms with E-state index in [9.17, 15) is 4.79 Å². The summed E-state index contributed by atoms with van der Waals surface area (Å²) in [5.74, 6) is 1.75. The zero-order chi connectivity index (χ0) is 18.8. The molecule has 1 aromatic heterocycles. The molecule has 3 saturated heterocycles. The Morgan fingerprint density at radius 1 is 1.19 bits per heavy atom. The van der Waals surface area contributed by atoms with E-state index in [1.54, 1.807) is 6.33 Å². The minimum Gasteiger partial charge on any atom is -0.442 e. The van der Waals surface area contributed by atoms with Crippen LogP contribution in [0.5, 0.6) is 0 Å². The molecule has 4 rings (SSSR count).